The fourth-order valence-electron chi connectivity index (χ4n) is 2.19. The maximum atomic E-state index is 6.07. The Bertz CT molecular complexity index is 363. The molecule has 0 spiro atoms. The van der Waals surface area contributed by atoms with Crippen molar-refractivity contribution in [1.82, 2.24) is 5.32 Å². The molecule has 0 radical (unpaired) electrons. The Morgan fingerprint density at radius 1 is 1.42 bits per heavy atom. The summed E-state index contributed by atoms with van der Waals surface area (Å²) in [6, 6.07) is 7.90. The third kappa shape index (κ3) is 4.77. The molecule has 1 fully saturated rings. The zero-order valence-electron chi connectivity index (χ0n) is 11.4. The molecule has 2 unspecified atom stereocenters. The van der Waals surface area contributed by atoms with Crippen molar-refractivity contribution in [2.24, 2.45) is 5.92 Å². The summed E-state index contributed by atoms with van der Waals surface area (Å²) in [5, 5.41) is 4.11. The van der Waals surface area contributed by atoms with Crippen LogP contribution in [-0.2, 0) is 9.47 Å². The van der Waals surface area contributed by atoms with E-state index in [0.29, 0.717) is 5.92 Å². The number of hydrogen-bond acceptors (Lipinski definition) is 3. The highest BCUT2D eigenvalue weighted by Crippen LogP contribution is 2.22. The van der Waals surface area contributed by atoms with Gasteiger partial charge in [-0.3, -0.25) is 0 Å². The molecule has 0 bridgehead atoms. The molecule has 4 heteroatoms. The first kappa shape index (κ1) is 14.8. The van der Waals surface area contributed by atoms with Crippen LogP contribution in [0.3, 0.4) is 0 Å². The van der Waals surface area contributed by atoms with Gasteiger partial charge in [0.05, 0.1) is 19.3 Å². The van der Waals surface area contributed by atoms with Crippen LogP contribution in [-0.4, -0.2) is 32.9 Å². The van der Waals surface area contributed by atoms with Crippen molar-refractivity contribution in [2.45, 2.75) is 19.4 Å². The zero-order valence-corrected chi connectivity index (χ0v) is 12.2. The van der Waals surface area contributed by atoms with Crippen molar-refractivity contribution in [2.75, 3.05) is 32.9 Å². The van der Waals surface area contributed by atoms with E-state index in [-0.39, 0.29) is 6.10 Å². The van der Waals surface area contributed by atoms with Gasteiger partial charge in [0.25, 0.3) is 0 Å². The number of hydrogen-bond donors (Lipinski definition) is 1. The van der Waals surface area contributed by atoms with Crippen molar-refractivity contribution < 1.29 is 9.47 Å². The molecule has 19 heavy (non-hydrogen) atoms. The first-order valence-corrected chi connectivity index (χ1v) is 7.33. The van der Waals surface area contributed by atoms with Crippen LogP contribution in [0.5, 0.6) is 0 Å². The van der Waals surface area contributed by atoms with Gasteiger partial charge in [-0.1, -0.05) is 30.7 Å². The van der Waals surface area contributed by atoms with E-state index in [9.17, 15) is 0 Å². The van der Waals surface area contributed by atoms with E-state index in [1.807, 2.05) is 24.3 Å². The number of likely N-dealkylation sites (N-methyl/N-ethyl adjacent to an activating group) is 1. The third-order valence-electron chi connectivity index (χ3n) is 3.38. The first-order chi connectivity index (χ1) is 9.29. The second-order valence-corrected chi connectivity index (χ2v) is 5.35. The van der Waals surface area contributed by atoms with Crippen LogP contribution >= 0.6 is 11.6 Å². The minimum Gasteiger partial charge on any atom is -0.381 e. The number of rotatable bonds is 7. The predicted molar refractivity (Wildman–Crippen MR) is 77.6 cm³/mol. The number of benzene rings is 1. The molecule has 1 aromatic rings. The lowest BCUT2D eigenvalue weighted by Crippen LogP contribution is -2.25. The summed E-state index contributed by atoms with van der Waals surface area (Å²) < 4.78 is 11.4. The van der Waals surface area contributed by atoms with E-state index in [4.69, 9.17) is 21.1 Å². The van der Waals surface area contributed by atoms with Gasteiger partial charge in [-0.25, -0.2) is 0 Å². The Morgan fingerprint density at radius 2 is 2.21 bits per heavy atom. The summed E-state index contributed by atoms with van der Waals surface area (Å²) in [6.07, 6.45) is 1.19. The van der Waals surface area contributed by atoms with Crippen LogP contribution in [0.15, 0.2) is 24.3 Å². The zero-order chi connectivity index (χ0) is 13.5. The lowest BCUT2D eigenvalue weighted by molar-refractivity contribution is 0.0257. The van der Waals surface area contributed by atoms with Gasteiger partial charge in [-0.05, 0) is 30.7 Å². The average molecular weight is 284 g/mol. The standard InChI is InChI=1S/C15H22ClNO2/c1-2-17-9-15(13-3-5-14(16)6-4-13)19-11-12-7-8-18-10-12/h3-6,12,15,17H,2,7-11H2,1H3. The van der Waals surface area contributed by atoms with E-state index < -0.39 is 0 Å². The van der Waals surface area contributed by atoms with Gasteiger partial charge in [0, 0.05) is 24.1 Å². The molecule has 106 valence electrons. The van der Waals surface area contributed by atoms with Gasteiger partial charge in [0.15, 0.2) is 0 Å². The van der Waals surface area contributed by atoms with Crippen LogP contribution in [0.25, 0.3) is 0 Å². The Balaban J connectivity index is 1.91. The molecule has 2 rings (SSSR count). The van der Waals surface area contributed by atoms with Crippen molar-refractivity contribution in [3.8, 4) is 0 Å². The van der Waals surface area contributed by atoms with Gasteiger partial charge in [0.2, 0.25) is 0 Å². The molecule has 1 heterocycles. The lowest BCUT2D eigenvalue weighted by Gasteiger charge is -2.20. The molecule has 1 N–H and O–H groups in total. The SMILES string of the molecule is CCNCC(OCC1CCOC1)c1ccc(Cl)cc1. The summed E-state index contributed by atoms with van der Waals surface area (Å²) in [5.74, 6) is 0.538. The second kappa shape index (κ2) is 7.85. The molecular weight excluding hydrogens is 262 g/mol. The van der Waals surface area contributed by atoms with Crippen molar-refractivity contribution in [3.63, 3.8) is 0 Å². The van der Waals surface area contributed by atoms with E-state index in [0.717, 1.165) is 44.4 Å². The molecule has 0 aliphatic carbocycles. The fraction of sp³-hybridized carbons (Fsp3) is 0.600. The maximum absolute atomic E-state index is 6.07. The summed E-state index contributed by atoms with van der Waals surface area (Å²) >= 11 is 5.93. The van der Waals surface area contributed by atoms with Crippen LogP contribution in [0.4, 0.5) is 0 Å². The van der Waals surface area contributed by atoms with E-state index in [1.54, 1.807) is 0 Å². The molecule has 0 saturated carbocycles. The molecule has 0 aromatic heterocycles. The fourth-order valence-corrected chi connectivity index (χ4v) is 2.32. The smallest absolute Gasteiger partial charge is 0.0949 e. The summed E-state index contributed by atoms with van der Waals surface area (Å²) in [4.78, 5) is 0. The van der Waals surface area contributed by atoms with Gasteiger partial charge >= 0.3 is 0 Å². The maximum Gasteiger partial charge on any atom is 0.0949 e. The quantitative estimate of drug-likeness (QED) is 0.834. The van der Waals surface area contributed by atoms with Crippen molar-refractivity contribution in [3.05, 3.63) is 34.9 Å². The Hall–Kier alpha value is -0.610. The summed E-state index contributed by atoms with van der Waals surface area (Å²) in [7, 11) is 0. The molecule has 0 amide bonds. The highest BCUT2D eigenvalue weighted by atomic mass is 35.5. The van der Waals surface area contributed by atoms with Crippen LogP contribution < -0.4 is 5.32 Å². The van der Waals surface area contributed by atoms with Gasteiger partial charge in [0.1, 0.15) is 0 Å². The van der Waals surface area contributed by atoms with Gasteiger partial charge in [-0.15, -0.1) is 0 Å². The average Bonchev–Trinajstić information content (AvgIpc) is 2.93. The first-order valence-electron chi connectivity index (χ1n) is 6.95. The predicted octanol–water partition coefficient (Wildman–Crippen LogP) is 3.04. The minimum atomic E-state index is 0.0813. The van der Waals surface area contributed by atoms with Crippen molar-refractivity contribution >= 4 is 11.6 Å². The number of ether oxygens (including phenoxy) is 2. The minimum absolute atomic E-state index is 0.0813. The van der Waals surface area contributed by atoms with E-state index in [1.165, 1.54) is 5.56 Å². The normalized spacial score (nSPS) is 20.6. The number of halogens is 1. The summed E-state index contributed by atoms with van der Waals surface area (Å²) in [5.41, 5.74) is 1.17. The molecule has 2 atom stereocenters. The molecular formula is C15H22ClNO2. The van der Waals surface area contributed by atoms with Gasteiger partial charge < -0.3 is 14.8 Å². The highest BCUT2D eigenvalue weighted by molar-refractivity contribution is 6.30. The Morgan fingerprint density at radius 3 is 2.84 bits per heavy atom. The van der Waals surface area contributed by atoms with Crippen LogP contribution in [0.2, 0.25) is 5.02 Å². The molecule has 1 aliphatic rings. The van der Waals surface area contributed by atoms with Crippen LogP contribution in [0.1, 0.15) is 25.0 Å². The van der Waals surface area contributed by atoms with E-state index >= 15 is 0 Å². The van der Waals surface area contributed by atoms with E-state index in [2.05, 4.69) is 12.2 Å². The van der Waals surface area contributed by atoms with Crippen LogP contribution in [0, 0.1) is 5.92 Å². The highest BCUT2D eigenvalue weighted by Gasteiger charge is 2.19. The van der Waals surface area contributed by atoms with Crippen molar-refractivity contribution in [1.29, 1.82) is 0 Å². The molecule has 1 saturated heterocycles. The Labute approximate surface area is 120 Å². The molecule has 1 aromatic carbocycles. The molecule has 1 aliphatic heterocycles. The number of nitrogens with one attached hydrogen (secondary N) is 1. The Kier molecular flexibility index (Phi) is 6.11. The third-order valence-corrected chi connectivity index (χ3v) is 3.63. The monoisotopic (exact) mass is 283 g/mol. The topological polar surface area (TPSA) is 30.5 Å². The van der Waals surface area contributed by atoms with Gasteiger partial charge in [-0.2, -0.15) is 0 Å². The largest absolute Gasteiger partial charge is 0.381 e. The molecule has 3 nitrogen and oxygen atoms in total. The lowest BCUT2D eigenvalue weighted by atomic mass is 10.1. The second-order valence-electron chi connectivity index (χ2n) is 4.91. The summed E-state index contributed by atoms with van der Waals surface area (Å²) in [6.45, 7) is 6.33.